The maximum atomic E-state index is 12.7. The lowest BCUT2D eigenvalue weighted by Gasteiger charge is -2.31. The van der Waals surface area contributed by atoms with E-state index in [0.717, 1.165) is 18.5 Å². The number of nitrogens with zero attached hydrogens (tertiary/aromatic N) is 4. The lowest BCUT2D eigenvalue weighted by molar-refractivity contribution is 0.0710. The number of H-pyrrole nitrogens is 1. The third-order valence-corrected chi connectivity index (χ3v) is 5.15. The highest BCUT2D eigenvalue weighted by molar-refractivity contribution is 6.32. The summed E-state index contributed by atoms with van der Waals surface area (Å²) in [5.41, 5.74) is 0.947. The van der Waals surface area contributed by atoms with Gasteiger partial charge in [-0.25, -0.2) is 19.4 Å². The molecule has 1 amide bonds. The van der Waals surface area contributed by atoms with E-state index in [2.05, 4.69) is 15.2 Å². The summed E-state index contributed by atoms with van der Waals surface area (Å²) in [4.78, 5) is 30.7. The minimum Gasteiger partial charge on any atom is -0.339 e. The van der Waals surface area contributed by atoms with Crippen molar-refractivity contribution in [2.45, 2.75) is 18.8 Å². The molecule has 0 aliphatic carbocycles. The number of carbonyl (C=O) groups is 1. The summed E-state index contributed by atoms with van der Waals surface area (Å²) < 4.78 is 1.61. The first-order chi connectivity index (χ1) is 13.1. The molecule has 7 nitrogen and oxygen atoms in total. The Balaban J connectivity index is 1.52. The summed E-state index contributed by atoms with van der Waals surface area (Å²) in [6.07, 6.45) is 3.01. The predicted molar refractivity (Wildman–Crippen MR) is 101 cm³/mol. The second-order valence-electron chi connectivity index (χ2n) is 6.47. The van der Waals surface area contributed by atoms with E-state index in [1.165, 1.54) is 0 Å². The largest absolute Gasteiger partial charge is 0.347 e. The van der Waals surface area contributed by atoms with E-state index in [1.54, 1.807) is 27.8 Å². The van der Waals surface area contributed by atoms with Crippen LogP contribution in [0.15, 0.2) is 53.5 Å². The minimum absolute atomic E-state index is 0.0950. The molecular weight excluding hydrogens is 366 g/mol. The van der Waals surface area contributed by atoms with E-state index in [1.807, 2.05) is 30.3 Å². The molecule has 1 aliphatic rings. The number of aromatic nitrogens is 4. The Kier molecular flexibility index (Phi) is 4.77. The summed E-state index contributed by atoms with van der Waals surface area (Å²) in [6, 6.07) is 12.8. The van der Waals surface area contributed by atoms with Crippen molar-refractivity contribution in [2.24, 2.45) is 0 Å². The van der Waals surface area contributed by atoms with Crippen LogP contribution in [-0.4, -0.2) is 43.6 Å². The van der Waals surface area contributed by atoms with Crippen LogP contribution in [0.4, 0.5) is 0 Å². The monoisotopic (exact) mass is 383 g/mol. The van der Waals surface area contributed by atoms with Gasteiger partial charge in [0.15, 0.2) is 0 Å². The van der Waals surface area contributed by atoms with Crippen molar-refractivity contribution in [3.63, 3.8) is 0 Å². The molecular formula is C19H18ClN5O2. The third-order valence-electron chi connectivity index (χ3n) is 4.85. The Bertz CT molecular complexity index is 1010. The van der Waals surface area contributed by atoms with Crippen LogP contribution >= 0.6 is 11.6 Å². The molecule has 1 N–H and O–H groups in total. The maximum absolute atomic E-state index is 12.7. The number of halogens is 1. The number of hydrogen-bond donors (Lipinski definition) is 1. The molecule has 0 saturated carbocycles. The lowest BCUT2D eigenvalue weighted by atomic mass is 9.95. The number of piperidine rings is 1. The zero-order chi connectivity index (χ0) is 18.8. The molecule has 0 unspecified atom stereocenters. The normalized spacial score (nSPS) is 15.1. The van der Waals surface area contributed by atoms with Gasteiger partial charge < -0.3 is 4.90 Å². The van der Waals surface area contributed by atoms with E-state index in [9.17, 15) is 9.59 Å². The molecule has 3 heterocycles. The molecule has 3 aromatic rings. The second kappa shape index (κ2) is 7.36. The number of benzene rings is 1. The van der Waals surface area contributed by atoms with Crippen molar-refractivity contribution in [1.82, 2.24) is 24.6 Å². The van der Waals surface area contributed by atoms with Crippen LogP contribution in [0.25, 0.3) is 5.69 Å². The standard InChI is InChI=1S/C19H18ClN5O2/c20-16-15(7-4-10-21-16)18(26)24-11-8-13(9-12-24)17-22-23-19(27)25(17)14-5-2-1-3-6-14/h1-7,10,13H,8-9,11-12H2,(H,23,27). The molecule has 0 atom stereocenters. The molecule has 1 aliphatic heterocycles. The van der Waals surface area contributed by atoms with E-state index in [4.69, 9.17) is 11.6 Å². The van der Waals surface area contributed by atoms with Crippen molar-refractivity contribution in [3.8, 4) is 5.69 Å². The van der Waals surface area contributed by atoms with E-state index in [-0.39, 0.29) is 22.7 Å². The molecule has 4 rings (SSSR count). The average molecular weight is 384 g/mol. The number of pyridine rings is 1. The Hall–Kier alpha value is -2.93. The maximum Gasteiger partial charge on any atom is 0.347 e. The molecule has 138 valence electrons. The van der Waals surface area contributed by atoms with Gasteiger partial charge in [0.25, 0.3) is 5.91 Å². The number of nitrogens with one attached hydrogen (secondary N) is 1. The fourth-order valence-electron chi connectivity index (χ4n) is 3.47. The van der Waals surface area contributed by atoms with Gasteiger partial charge in [0, 0.05) is 25.2 Å². The highest BCUT2D eigenvalue weighted by atomic mass is 35.5. The van der Waals surface area contributed by atoms with Crippen molar-refractivity contribution in [2.75, 3.05) is 13.1 Å². The van der Waals surface area contributed by atoms with Gasteiger partial charge in [-0.05, 0) is 37.1 Å². The van der Waals surface area contributed by atoms with Crippen LogP contribution < -0.4 is 5.69 Å². The molecule has 8 heteroatoms. The summed E-state index contributed by atoms with van der Waals surface area (Å²) in [7, 11) is 0. The molecule has 27 heavy (non-hydrogen) atoms. The number of rotatable bonds is 3. The van der Waals surface area contributed by atoms with Crippen LogP contribution in [0, 0.1) is 0 Å². The van der Waals surface area contributed by atoms with Crippen molar-refractivity contribution in [3.05, 3.63) is 75.7 Å². The summed E-state index contributed by atoms with van der Waals surface area (Å²) in [5.74, 6) is 0.685. The Morgan fingerprint density at radius 1 is 1.11 bits per heavy atom. The highest BCUT2D eigenvalue weighted by Crippen LogP contribution is 2.28. The molecule has 0 radical (unpaired) electrons. The SMILES string of the molecule is O=C(c1cccnc1Cl)N1CCC(c2n[nH]c(=O)n2-c2ccccc2)CC1. The quantitative estimate of drug-likeness (QED) is 0.705. The highest BCUT2D eigenvalue weighted by Gasteiger charge is 2.29. The first-order valence-electron chi connectivity index (χ1n) is 8.77. The number of carbonyl (C=O) groups excluding carboxylic acids is 1. The smallest absolute Gasteiger partial charge is 0.339 e. The van der Waals surface area contributed by atoms with Gasteiger partial charge in [0.05, 0.1) is 11.3 Å². The Labute approximate surface area is 160 Å². The summed E-state index contributed by atoms with van der Waals surface area (Å²) in [5, 5.41) is 7.02. The number of hydrogen-bond acceptors (Lipinski definition) is 4. The molecule has 1 aromatic carbocycles. The fourth-order valence-corrected chi connectivity index (χ4v) is 3.67. The van der Waals surface area contributed by atoms with Gasteiger partial charge in [0.2, 0.25) is 0 Å². The fraction of sp³-hybridized carbons (Fsp3) is 0.263. The van der Waals surface area contributed by atoms with Crippen LogP contribution in [0.1, 0.15) is 34.9 Å². The molecule has 1 saturated heterocycles. The first-order valence-corrected chi connectivity index (χ1v) is 9.15. The second-order valence-corrected chi connectivity index (χ2v) is 6.82. The molecule has 0 spiro atoms. The number of amides is 1. The van der Waals surface area contributed by atoms with E-state index >= 15 is 0 Å². The Morgan fingerprint density at radius 2 is 1.85 bits per heavy atom. The first kappa shape index (κ1) is 17.5. The molecule has 0 bridgehead atoms. The molecule has 1 fully saturated rings. The number of aromatic amines is 1. The van der Waals surface area contributed by atoms with Crippen LogP contribution in [0.3, 0.4) is 0 Å². The van der Waals surface area contributed by atoms with Crippen molar-refractivity contribution >= 4 is 17.5 Å². The van der Waals surface area contributed by atoms with Crippen LogP contribution in [0.2, 0.25) is 5.15 Å². The van der Waals surface area contributed by atoms with Gasteiger partial charge in [0.1, 0.15) is 11.0 Å². The van der Waals surface area contributed by atoms with E-state index < -0.39 is 0 Å². The van der Waals surface area contributed by atoms with E-state index in [0.29, 0.717) is 24.5 Å². The minimum atomic E-state index is -0.253. The van der Waals surface area contributed by atoms with Gasteiger partial charge in [-0.15, -0.1) is 0 Å². The van der Waals surface area contributed by atoms with Crippen molar-refractivity contribution in [1.29, 1.82) is 0 Å². The Morgan fingerprint density at radius 3 is 2.56 bits per heavy atom. The van der Waals surface area contributed by atoms with Gasteiger partial charge in [-0.3, -0.25) is 4.79 Å². The van der Waals surface area contributed by atoms with Crippen LogP contribution in [0.5, 0.6) is 0 Å². The summed E-state index contributed by atoms with van der Waals surface area (Å²) >= 11 is 6.04. The van der Waals surface area contributed by atoms with Gasteiger partial charge in [-0.2, -0.15) is 5.10 Å². The number of likely N-dealkylation sites (tertiary alicyclic amines) is 1. The zero-order valence-electron chi connectivity index (χ0n) is 14.5. The summed E-state index contributed by atoms with van der Waals surface area (Å²) in [6.45, 7) is 1.15. The van der Waals surface area contributed by atoms with Gasteiger partial charge >= 0.3 is 5.69 Å². The zero-order valence-corrected chi connectivity index (χ0v) is 15.3. The third kappa shape index (κ3) is 3.38. The predicted octanol–water partition coefficient (Wildman–Crippen LogP) is 2.63. The average Bonchev–Trinajstić information content (AvgIpc) is 3.10. The van der Waals surface area contributed by atoms with Crippen molar-refractivity contribution < 1.29 is 4.79 Å². The lowest BCUT2D eigenvalue weighted by Crippen LogP contribution is -2.38. The molecule has 2 aromatic heterocycles. The topological polar surface area (TPSA) is 83.9 Å². The van der Waals surface area contributed by atoms with Gasteiger partial charge in [-0.1, -0.05) is 29.8 Å². The number of para-hydroxylation sites is 1. The van der Waals surface area contributed by atoms with Crippen LogP contribution in [-0.2, 0) is 0 Å².